The minimum absolute atomic E-state index is 0.734. The Labute approximate surface area is 114 Å². The zero-order chi connectivity index (χ0) is 12.1. The quantitative estimate of drug-likeness (QED) is 0.802. The molecule has 0 bridgehead atoms. The number of halogens is 1. The van der Waals surface area contributed by atoms with Gasteiger partial charge >= 0.3 is 0 Å². The number of hydrogen-bond donors (Lipinski definition) is 0. The van der Waals surface area contributed by atoms with Gasteiger partial charge in [0.15, 0.2) is 0 Å². The number of nitrogens with zero attached hydrogens (tertiary/aromatic N) is 4. The van der Waals surface area contributed by atoms with E-state index < -0.39 is 0 Å². The van der Waals surface area contributed by atoms with Crippen molar-refractivity contribution in [2.24, 2.45) is 0 Å². The van der Waals surface area contributed by atoms with Crippen molar-refractivity contribution in [3.05, 3.63) is 46.1 Å². The SMILES string of the molecule is CCN(Cc1ccccn1)c1ncc(I)cn1. The number of anilines is 1. The zero-order valence-electron chi connectivity index (χ0n) is 9.55. The molecule has 0 fully saturated rings. The van der Waals surface area contributed by atoms with Crippen molar-refractivity contribution in [2.75, 3.05) is 11.4 Å². The molecule has 0 radical (unpaired) electrons. The minimum Gasteiger partial charge on any atom is -0.335 e. The first-order valence-electron chi connectivity index (χ1n) is 5.42. The summed E-state index contributed by atoms with van der Waals surface area (Å²) in [5.41, 5.74) is 1.02. The van der Waals surface area contributed by atoms with E-state index in [9.17, 15) is 0 Å². The lowest BCUT2D eigenvalue weighted by Gasteiger charge is -2.19. The molecule has 0 saturated carbocycles. The van der Waals surface area contributed by atoms with Gasteiger partial charge in [0.2, 0.25) is 5.95 Å². The fraction of sp³-hybridized carbons (Fsp3) is 0.250. The van der Waals surface area contributed by atoms with Crippen LogP contribution in [0.4, 0.5) is 5.95 Å². The second-order valence-electron chi connectivity index (χ2n) is 3.54. The smallest absolute Gasteiger partial charge is 0.225 e. The molecule has 2 heterocycles. The van der Waals surface area contributed by atoms with Crippen LogP contribution in [0, 0.1) is 3.57 Å². The Kier molecular flexibility index (Phi) is 4.24. The number of hydrogen-bond acceptors (Lipinski definition) is 4. The van der Waals surface area contributed by atoms with Crippen LogP contribution in [0.1, 0.15) is 12.6 Å². The molecule has 88 valence electrons. The molecule has 0 saturated heterocycles. The maximum absolute atomic E-state index is 4.33. The van der Waals surface area contributed by atoms with Crippen molar-refractivity contribution < 1.29 is 0 Å². The lowest BCUT2D eigenvalue weighted by atomic mass is 10.3. The van der Waals surface area contributed by atoms with Crippen molar-refractivity contribution in [1.29, 1.82) is 0 Å². The predicted molar refractivity (Wildman–Crippen MR) is 75.7 cm³/mol. The van der Waals surface area contributed by atoms with Gasteiger partial charge in [0.05, 0.1) is 12.2 Å². The summed E-state index contributed by atoms with van der Waals surface area (Å²) in [7, 11) is 0. The van der Waals surface area contributed by atoms with Crippen LogP contribution in [0.15, 0.2) is 36.8 Å². The van der Waals surface area contributed by atoms with Crippen LogP contribution in [0.3, 0.4) is 0 Å². The van der Waals surface area contributed by atoms with Crippen molar-refractivity contribution in [3.8, 4) is 0 Å². The molecule has 2 aromatic rings. The lowest BCUT2D eigenvalue weighted by molar-refractivity contribution is 0.773. The molecule has 0 unspecified atom stereocenters. The van der Waals surface area contributed by atoms with Gasteiger partial charge < -0.3 is 4.90 Å². The van der Waals surface area contributed by atoms with Crippen LogP contribution in [0.2, 0.25) is 0 Å². The van der Waals surface area contributed by atoms with Gasteiger partial charge in [0.25, 0.3) is 0 Å². The third-order valence-electron chi connectivity index (χ3n) is 2.35. The van der Waals surface area contributed by atoms with Gasteiger partial charge in [0.1, 0.15) is 0 Å². The van der Waals surface area contributed by atoms with E-state index in [1.165, 1.54) is 0 Å². The summed E-state index contributed by atoms with van der Waals surface area (Å²) in [6.45, 7) is 3.68. The topological polar surface area (TPSA) is 41.9 Å². The second kappa shape index (κ2) is 5.90. The van der Waals surface area contributed by atoms with Crippen LogP contribution >= 0.6 is 22.6 Å². The molecule has 0 aromatic carbocycles. The number of aromatic nitrogens is 3. The zero-order valence-corrected chi connectivity index (χ0v) is 11.7. The van der Waals surface area contributed by atoms with E-state index in [0.29, 0.717) is 0 Å². The predicted octanol–water partition coefficient (Wildman–Crippen LogP) is 2.50. The Hall–Kier alpha value is -1.24. The van der Waals surface area contributed by atoms with Gasteiger partial charge in [-0.15, -0.1) is 0 Å². The van der Waals surface area contributed by atoms with E-state index >= 15 is 0 Å². The largest absolute Gasteiger partial charge is 0.335 e. The molecule has 2 aromatic heterocycles. The van der Waals surface area contributed by atoms with Crippen molar-refractivity contribution in [1.82, 2.24) is 15.0 Å². The average Bonchev–Trinajstić information content (AvgIpc) is 2.38. The van der Waals surface area contributed by atoms with Gasteiger partial charge in [0, 0.05) is 28.7 Å². The fourth-order valence-corrected chi connectivity index (χ4v) is 1.76. The molecular formula is C12H13IN4. The van der Waals surface area contributed by atoms with Crippen molar-refractivity contribution >= 4 is 28.5 Å². The Balaban J connectivity index is 2.14. The van der Waals surface area contributed by atoms with E-state index in [1.54, 1.807) is 6.20 Å². The minimum atomic E-state index is 0.734. The van der Waals surface area contributed by atoms with Crippen LogP contribution in [-0.4, -0.2) is 21.5 Å². The molecule has 2 rings (SSSR count). The van der Waals surface area contributed by atoms with Crippen LogP contribution in [0.25, 0.3) is 0 Å². The summed E-state index contributed by atoms with van der Waals surface area (Å²) in [6.07, 6.45) is 5.45. The van der Waals surface area contributed by atoms with Gasteiger partial charge in [-0.2, -0.15) is 0 Å². The van der Waals surface area contributed by atoms with Gasteiger partial charge in [-0.1, -0.05) is 6.07 Å². The summed E-state index contributed by atoms with van der Waals surface area (Å²) in [5, 5.41) is 0. The van der Waals surface area contributed by atoms with Crippen LogP contribution in [0.5, 0.6) is 0 Å². The van der Waals surface area contributed by atoms with Gasteiger partial charge in [-0.05, 0) is 41.6 Å². The Morgan fingerprint density at radius 1 is 1.18 bits per heavy atom. The first-order chi connectivity index (χ1) is 8.29. The fourth-order valence-electron chi connectivity index (χ4n) is 1.48. The summed E-state index contributed by atoms with van der Waals surface area (Å²) >= 11 is 2.20. The molecule has 0 aliphatic carbocycles. The highest BCUT2D eigenvalue weighted by molar-refractivity contribution is 14.1. The molecule has 0 amide bonds. The molecule has 0 spiro atoms. The summed E-state index contributed by atoms with van der Waals surface area (Å²) < 4.78 is 1.04. The van der Waals surface area contributed by atoms with E-state index in [0.717, 1.165) is 28.3 Å². The average molecular weight is 340 g/mol. The molecule has 0 atom stereocenters. The second-order valence-corrected chi connectivity index (χ2v) is 4.78. The van der Waals surface area contributed by atoms with Crippen molar-refractivity contribution in [3.63, 3.8) is 0 Å². The number of pyridine rings is 1. The molecule has 4 nitrogen and oxygen atoms in total. The van der Waals surface area contributed by atoms with E-state index in [4.69, 9.17) is 0 Å². The first kappa shape index (κ1) is 12.2. The monoisotopic (exact) mass is 340 g/mol. The highest BCUT2D eigenvalue weighted by Crippen LogP contribution is 2.11. The van der Waals surface area contributed by atoms with Crippen LogP contribution < -0.4 is 4.90 Å². The van der Waals surface area contributed by atoms with Gasteiger partial charge in [-0.3, -0.25) is 4.98 Å². The lowest BCUT2D eigenvalue weighted by Crippen LogP contribution is -2.24. The van der Waals surface area contributed by atoms with Gasteiger partial charge in [-0.25, -0.2) is 9.97 Å². The summed E-state index contributed by atoms with van der Waals surface area (Å²) in [4.78, 5) is 15.1. The molecule has 17 heavy (non-hydrogen) atoms. The Morgan fingerprint density at radius 3 is 2.53 bits per heavy atom. The van der Waals surface area contributed by atoms with Crippen molar-refractivity contribution in [2.45, 2.75) is 13.5 Å². The Morgan fingerprint density at radius 2 is 1.94 bits per heavy atom. The standard InChI is InChI=1S/C12H13IN4/c1-2-17(9-11-5-3-4-6-14-11)12-15-7-10(13)8-16-12/h3-8H,2,9H2,1H3. The first-order valence-corrected chi connectivity index (χ1v) is 6.50. The van der Waals surface area contributed by atoms with E-state index in [-0.39, 0.29) is 0 Å². The highest BCUT2D eigenvalue weighted by atomic mass is 127. The summed E-state index contributed by atoms with van der Waals surface area (Å²) in [5.74, 6) is 0.749. The Bertz CT molecular complexity index is 458. The van der Waals surface area contributed by atoms with Crippen LogP contribution in [-0.2, 0) is 6.54 Å². The molecule has 0 aliphatic rings. The van der Waals surface area contributed by atoms with E-state index in [2.05, 4.69) is 49.4 Å². The third-order valence-corrected chi connectivity index (χ3v) is 2.91. The highest BCUT2D eigenvalue weighted by Gasteiger charge is 2.08. The molecular weight excluding hydrogens is 327 g/mol. The maximum Gasteiger partial charge on any atom is 0.225 e. The van der Waals surface area contributed by atoms with E-state index in [1.807, 2.05) is 30.6 Å². The molecule has 0 N–H and O–H groups in total. The molecule has 0 aliphatic heterocycles. The summed E-state index contributed by atoms with van der Waals surface area (Å²) in [6, 6.07) is 5.92. The number of rotatable bonds is 4. The maximum atomic E-state index is 4.33. The third kappa shape index (κ3) is 3.36. The normalized spacial score (nSPS) is 10.2. The molecule has 5 heteroatoms.